The molecular weight excluding hydrogens is 332 g/mol. The van der Waals surface area contributed by atoms with Crippen LogP contribution in [0.25, 0.3) is 0 Å². The average Bonchev–Trinajstić information content (AvgIpc) is 2.61. The minimum Gasteiger partial charge on any atom is -0.255 e. The van der Waals surface area contributed by atoms with Crippen LogP contribution in [-0.4, -0.2) is 12.4 Å². The maximum absolute atomic E-state index is 4.49. The summed E-state index contributed by atoms with van der Waals surface area (Å²) in [6.07, 6.45) is 3.66. The molecule has 0 atom stereocenters. The largest absolute Gasteiger partial charge is 0.255 e. The first-order valence-corrected chi connectivity index (χ1v) is 8.36. The van der Waals surface area contributed by atoms with Gasteiger partial charge in [0.25, 0.3) is 0 Å². The van der Waals surface area contributed by atoms with Crippen LogP contribution in [0.4, 0.5) is 11.4 Å². The molecular formula is C20H16N2S2. The van der Waals surface area contributed by atoms with Gasteiger partial charge in [0.05, 0.1) is 11.4 Å². The van der Waals surface area contributed by atoms with Crippen molar-refractivity contribution in [2.75, 3.05) is 0 Å². The van der Waals surface area contributed by atoms with Crippen molar-refractivity contribution in [2.24, 2.45) is 9.98 Å². The number of hydrogen-bond donors (Lipinski definition) is 2. The SMILES string of the molecule is Sc1ccccc1N=Cc1cccc(C=Nc2ccccc2S)c1. The van der Waals surface area contributed by atoms with Crippen molar-refractivity contribution in [3.8, 4) is 0 Å². The van der Waals surface area contributed by atoms with Crippen LogP contribution in [0.15, 0.2) is 92.6 Å². The smallest absolute Gasteiger partial charge is 0.0763 e. The van der Waals surface area contributed by atoms with Crippen molar-refractivity contribution >= 4 is 49.1 Å². The van der Waals surface area contributed by atoms with E-state index in [0.29, 0.717) is 0 Å². The van der Waals surface area contributed by atoms with Gasteiger partial charge in [0, 0.05) is 22.2 Å². The zero-order chi connectivity index (χ0) is 16.8. The van der Waals surface area contributed by atoms with E-state index in [4.69, 9.17) is 0 Å². The Balaban J connectivity index is 1.80. The number of rotatable bonds is 4. The van der Waals surface area contributed by atoms with Crippen LogP contribution in [0.1, 0.15) is 11.1 Å². The van der Waals surface area contributed by atoms with E-state index in [1.165, 1.54) is 0 Å². The van der Waals surface area contributed by atoms with Gasteiger partial charge in [0.1, 0.15) is 0 Å². The van der Waals surface area contributed by atoms with Crippen molar-refractivity contribution in [1.29, 1.82) is 0 Å². The van der Waals surface area contributed by atoms with E-state index in [-0.39, 0.29) is 0 Å². The third-order valence-electron chi connectivity index (χ3n) is 3.38. The number of aliphatic imine (C=N–C) groups is 2. The highest BCUT2D eigenvalue weighted by Gasteiger charge is 1.96. The van der Waals surface area contributed by atoms with E-state index in [2.05, 4.69) is 35.2 Å². The van der Waals surface area contributed by atoms with E-state index in [1.807, 2.05) is 85.2 Å². The minimum atomic E-state index is 0.851. The molecule has 0 heterocycles. The normalized spacial score (nSPS) is 11.4. The van der Waals surface area contributed by atoms with Crippen LogP contribution in [0.2, 0.25) is 0 Å². The molecule has 3 aromatic carbocycles. The van der Waals surface area contributed by atoms with Crippen LogP contribution in [0.3, 0.4) is 0 Å². The Morgan fingerprint density at radius 3 is 1.50 bits per heavy atom. The Kier molecular flexibility index (Phi) is 5.51. The van der Waals surface area contributed by atoms with Crippen molar-refractivity contribution < 1.29 is 0 Å². The summed E-state index contributed by atoms with van der Waals surface area (Å²) in [6, 6.07) is 23.5. The van der Waals surface area contributed by atoms with Crippen LogP contribution >= 0.6 is 25.3 Å². The highest BCUT2D eigenvalue weighted by atomic mass is 32.1. The van der Waals surface area contributed by atoms with E-state index in [0.717, 1.165) is 32.3 Å². The third-order valence-corrected chi connectivity index (χ3v) is 4.14. The minimum absolute atomic E-state index is 0.851. The Bertz CT molecular complexity index is 831. The number of thiol groups is 2. The second kappa shape index (κ2) is 7.99. The molecule has 0 N–H and O–H groups in total. The lowest BCUT2D eigenvalue weighted by Gasteiger charge is -2.00. The second-order valence-electron chi connectivity index (χ2n) is 5.16. The fraction of sp³-hybridized carbons (Fsp3) is 0. The first-order chi connectivity index (χ1) is 11.7. The second-order valence-corrected chi connectivity index (χ2v) is 6.13. The van der Waals surface area contributed by atoms with Gasteiger partial charge in [0.15, 0.2) is 0 Å². The van der Waals surface area contributed by atoms with E-state index >= 15 is 0 Å². The quantitative estimate of drug-likeness (QED) is 0.442. The summed E-state index contributed by atoms with van der Waals surface area (Å²) in [7, 11) is 0. The molecule has 0 aliphatic rings. The predicted octanol–water partition coefficient (Wildman–Crippen LogP) is 5.77. The van der Waals surface area contributed by atoms with Gasteiger partial charge in [-0.05, 0) is 41.5 Å². The molecule has 3 rings (SSSR count). The lowest BCUT2D eigenvalue weighted by molar-refractivity contribution is 1.38. The molecule has 0 saturated carbocycles. The Hall–Kier alpha value is -2.30. The molecule has 0 unspecified atom stereocenters. The lowest BCUT2D eigenvalue weighted by atomic mass is 10.1. The number of benzene rings is 3. The van der Waals surface area contributed by atoms with Crippen molar-refractivity contribution in [3.05, 3.63) is 83.9 Å². The molecule has 0 spiro atoms. The molecule has 0 aliphatic heterocycles. The molecule has 0 amide bonds. The Morgan fingerprint density at radius 2 is 1.04 bits per heavy atom. The van der Waals surface area contributed by atoms with Gasteiger partial charge in [-0.2, -0.15) is 0 Å². The van der Waals surface area contributed by atoms with E-state index in [9.17, 15) is 0 Å². The predicted molar refractivity (Wildman–Crippen MR) is 108 cm³/mol. The molecule has 0 aliphatic carbocycles. The molecule has 24 heavy (non-hydrogen) atoms. The summed E-state index contributed by atoms with van der Waals surface area (Å²) in [5, 5.41) is 0. The first kappa shape index (κ1) is 16.6. The third kappa shape index (κ3) is 4.37. The van der Waals surface area contributed by atoms with E-state index < -0.39 is 0 Å². The summed E-state index contributed by atoms with van der Waals surface area (Å²) < 4.78 is 0. The Labute approximate surface area is 152 Å². The molecule has 0 bridgehead atoms. The fourth-order valence-electron chi connectivity index (χ4n) is 2.15. The molecule has 118 valence electrons. The molecule has 2 nitrogen and oxygen atoms in total. The van der Waals surface area contributed by atoms with E-state index in [1.54, 1.807) is 0 Å². The van der Waals surface area contributed by atoms with Crippen LogP contribution in [0, 0.1) is 0 Å². The standard InChI is InChI=1S/C20H16N2S2/c23-19-10-3-1-8-17(19)21-13-15-6-5-7-16(12-15)14-22-18-9-2-4-11-20(18)24/h1-14,23-24H. The van der Waals surface area contributed by atoms with Crippen molar-refractivity contribution in [2.45, 2.75) is 9.79 Å². The molecule has 4 heteroatoms. The van der Waals surface area contributed by atoms with Gasteiger partial charge >= 0.3 is 0 Å². The van der Waals surface area contributed by atoms with Gasteiger partial charge in [-0.15, -0.1) is 25.3 Å². The summed E-state index contributed by atoms with van der Waals surface area (Å²) in [5.41, 5.74) is 3.72. The topological polar surface area (TPSA) is 24.7 Å². The molecule has 0 saturated heterocycles. The summed E-state index contributed by atoms with van der Waals surface area (Å²) in [4.78, 5) is 10.7. The van der Waals surface area contributed by atoms with Gasteiger partial charge in [0.2, 0.25) is 0 Å². The number of nitrogens with zero attached hydrogens (tertiary/aromatic N) is 2. The molecule has 0 aromatic heterocycles. The molecule has 0 radical (unpaired) electrons. The van der Waals surface area contributed by atoms with Crippen LogP contribution in [0.5, 0.6) is 0 Å². The van der Waals surface area contributed by atoms with Crippen LogP contribution < -0.4 is 0 Å². The van der Waals surface area contributed by atoms with Gasteiger partial charge in [-0.1, -0.05) is 42.5 Å². The van der Waals surface area contributed by atoms with Crippen molar-refractivity contribution in [1.82, 2.24) is 0 Å². The first-order valence-electron chi connectivity index (χ1n) is 7.46. The number of hydrogen-bond acceptors (Lipinski definition) is 4. The molecule has 0 fully saturated rings. The Morgan fingerprint density at radius 1 is 0.583 bits per heavy atom. The monoisotopic (exact) mass is 348 g/mol. The van der Waals surface area contributed by atoms with Gasteiger partial charge < -0.3 is 0 Å². The fourth-order valence-corrected chi connectivity index (χ4v) is 2.59. The maximum Gasteiger partial charge on any atom is 0.0763 e. The zero-order valence-electron chi connectivity index (χ0n) is 12.9. The van der Waals surface area contributed by atoms with Gasteiger partial charge in [-0.25, -0.2) is 0 Å². The average molecular weight is 348 g/mol. The molecule has 3 aromatic rings. The number of para-hydroxylation sites is 2. The highest BCUT2D eigenvalue weighted by Crippen LogP contribution is 2.23. The van der Waals surface area contributed by atoms with Crippen molar-refractivity contribution in [3.63, 3.8) is 0 Å². The highest BCUT2D eigenvalue weighted by molar-refractivity contribution is 7.80. The van der Waals surface area contributed by atoms with Gasteiger partial charge in [-0.3, -0.25) is 9.98 Å². The summed E-state index contributed by atoms with van der Waals surface area (Å²) in [5.74, 6) is 0. The maximum atomic E-state index is 4.49. The lowest BCUT2D eigenvalue weighted by Crippen LogP contribution is -1.86. The zero-order valence-corrected chi connectivity index (χ0v) is 14.7. The summed E-state index contributed by atoms with van der Waals surface area (Å²) >= 11 is 8.81. The van der Waals surface area contributed by atoms with Crippen LogP contribution in [-0.2, 0) is 0 Å². The summed E-state index contributed by atoms with van der Waals surface area (Å²) in [6.45, 7) is 0.